The van der Waals surface area contributed by atoms with Crippen LogP contribution in [0.5, 0.6) is 0 Å². The summed E-state index contributed by atoms with van der Waals surface area (Å²) in [6, 6.07) is 3.93. The van der Waals surface area contributed by atoms with Gasteiger partial charge < -0.3 is 10.5 Å². The lowest BCUT2D eigenvalue weighted by Crippen LogP contribution is -2.01. The Hall–Kier alpha value is -1.92. The van der Waals surface area contributed by atoms with Crippen LogP contribution in [0.25, 0.3) is 16.0 Å². The number of aromatic nitrogens is 3. The molecule has 1 aliphatic rings. The fourth-order valence-electron chi connectivity index (χ4n) is 2.84. The number of anilines is 1. The van der Waals surface area contributed by atoms with Gasteiger partial charge in [-0.05, 0) is 19.4 Å². The van der Waals surface area contributed by atoms with Crippen molar-refractivity contribution in [3.05, 3.63) is 35.1 Å². The van der Waals surface area contributed by atoms with Crippen molar-refractivity contribution >= 4 is 28.1 Å². The summed E-state index contributed by atoms with van der Waals surface area (Å²) in [6.45, 7) is 3.76. The van der Waals surface area contributed by atoms with E-state index < -0.39 is 0 Å². The quantitative estimate of drug-likeness (QED) is 0.790. The first-order chi connectivity index (χ1) is 10.2. The zero-order valence-corrected chi connectivity index (χ0v) is 12.6. The largest absolute Gasteiger partial charge is 0.384 e. The lowest BCUT2D eigenvalue weighted by molar-refractivity contribution is 0.193. The molecule has 1 saturated heterocycles. The average Bonchev–Trinajstić information content (AvgIpc) is 3.16. The van der Waals surface area contributed by atoms with E-state index in [0.717, 1.165) is 35.7 Å². The number of rotatable bonds is 2. The van der Waals surface area contributed by atoms with Crippen molar-refractivity contribution in [2.45, 2.75) is 19.3 Å². The van der Waals surface area contributed by atoms with Gasteiger partial charge >= 0.3 is 0 Å². The minimum Gasteiger partial charge on any atom is -0.384 e. The molecule has 4 heterocycles. The van der Waals surface area contributed by atoms with Crippen LogP contribution in [-0.4, -0.2) is 27.7 Å². The molecular weight excluding hydrogens is 284 g/mol. The Morgan fingerprint density at radius 2 is 2.38 bits per heavy atom. The Bertz CT molecular complexity index is 801. The molecule has 4 rings (SSSR count). The first-order valence-corrected chi connectivity index (χ1v) is 7.82. The molecule has 108 valence electrons. The minimum atomic E-state index is 0.434. The normalized spacial score (nSPS) is 18.6. The molecule has 0 saturated carbocycles. The van der Waals surface area contributed by atoms with Crippen molar-refractivity contribution in [2.24, 2.45) is 0 Å². The van der Waals surface area contributed by atoms with Crippen LogP contribution in [0.2, 0.25) is 0 Å². The molecule has 3 aromatic rings. The zero-order valence-electron chi connectivity index (χ0n) is 11.7. The first kappa shape index (κ1) is 12.8. The highest BCUT2D eigenvalue weighted by Gasteiger charge is 2.23. The third-order valence-corrected chi connectivity index (χ3v) is 4.93. The summed E-state index contributed by atoms with van der Waals surface area (Å²) in [6.07, 6.45) is 4.89. The number of fused-ring (bicyclic) bond motifs is 1. The number of thiazole rings is 1. The van der Waals surface area contributed by atoms with Gasteiger partial charge in [-0.2, -0.15) is 0 Å². The predicted molar refractivity (Wildman–Crippen MR) is 84.1 cm³/mol. The monoisotopic (exact) mass is 300 g/mol. The van der Waals surface area contributed by atoms with E-state index in [1.807, 2.05) is 18.3 Å². The van der Waals surface area contributed by atoms with Gasteiger partial charge in [0.05, 0.1) is 17.8 Å². The fraction of sp³-hybridized carbons (Fsp3) is 0.333. The molecule has 6 heteroatoms. The van der Waals surface area contributed by atoms with Crippen LogP contribution in [-0.2, 0) is 4.74 Å². The fourth-order valence-corrected chi connectivity index (χ4v) is 3.83. The number of pyridine rings is 1. The highest BCUT2D eigenvalue weighted by atomic mass is 32.1. The SMILES string of the molecule is Cc1sc(-n2ccc3cnc(N)cc32)nc1C1CCOC1. The molecule has 21 heavy (non-hydrogen) atoms. The van der Waals surface area contributed by atoms with E-state index in [-0.39, 0.29) is 0 Å². The van der Waals surface area contributed by atoms with E-state index in [4.69, 9.17) is 15.5 Å². The third-order valence-electron chi connectivity index (χ3n) is 3.94. The Labute approximate surface area is 126 Å². The van der Waals surface area contributed by atoms with Gasteiger partial charge in [0.15, 0.2) is 5.13 Å². The van der Waals surface area contributed by atoms with E-state index in [1.54, 1.807) is 17.5 Å². The van der Waals surface area contributed by atoms with Crippen molar-refractivity contribution in [3.63, 3.8) is 0 Å². The van der Waals surface area contributed by atoms with Crippen LogP contribution < -0.4 is 5.73 Å². The summed E-state index contributed by atoms with van der Waals surface area (Å²) in [5.74, 6) is 0.962. The standard InChI is InChI=1S/C15H16N4OS/c1-9-14(11-3-5-20-8-11)18-15(21-9)19-4-2-10-7-17-13(16)6-12(10)19/h2,4,6-7,11H,3,5,8H2,1H3,(H2,16,17). The van der Waals surface area contributed by atoms with Crippen molar-refractivity contribution in [1.82, 2.24) is 14.5 Å². The molecule has 2 N–H and O–H groups in total. The van der Waals surface area contributed by atoms with Gasteiger partial charge in [-0.15, -0.1) is 11.3 Å². The van der Waals surface area contributed by atoms with E-state index in [9.17, 15) is 0 Å². The van der Waals surface area contributed by atoms with Gasteiger partial charge in [0.2, 0.25) is 0 Å². The Morgan fingerprint density at radius 1 is 1.48 bits per heavy atom. The molecule has 5 nitrogen and oxygen atoms in total. The van der Waals surface area contributed by atoms with Crippen molar-refractivity contribution < 1.29 is 4.74 Å². The van der Waals surface area contributed by atoms with Crippen molar-refractivity contribution in [1.29, 1.82) is 0 Å². The maximum absolute atomic E-state index is 5.81. The predicted octanol–water partition coefficient (Wildman–Crippen LogP) is 2.88. The van der Waals surface area contributed by atoms with E-state index in [0.29, 0.717) is 11.7 Å². The van der Waals surface area contributed by atoms with Crippen LogP contribution in [0, 0.1) is 6.92 Å². The molecule has 0 aliphatic carbocycles. The maximum Gasteiger partial charge on any atom is 0.194 e. The first-order valence-electron chi connectivity index (χ1n) is 7.00. The molecule has 0 amide bonds. The van der Waals surface area contributed by atoms with Gasteiger partial charge in [-0.1, -0.05) is 0 Å². The molecule has 0 bridgehead atoms. The Balaban J connectivity index is 1.81. The number of nitrogens with zero attached hydrogens (tertiary/aromatic N) is 3. The number of hydrogen-bond acceptors (Lipinski definition) is 5. The third kappa shape index (κ3) is 2.11. The summed E-state index contributed by atoms with van der Waals surface area (Å²) >= 11 is 1.71. The minimum absolute atomic E-state index is 0.434. The van der Waals surface area contributed by atoms with Crippen LogP contribution in [0.15, 0.2) is 24.5 Å². The molecule has 1 unspecified atom stereocenters. The van der Waals surface area contributed by atoms with Gasteiger partial charge in [-0.25, -0.2) is 9.97 Å². The summed E-state index contributed by atoms with van der Waals surface area (Å²) < 4.78 is 7.57. The number of aryl methyl sites for hydroxylation is 1. The second-order valence-electron chi connectivity index (χ2n) is 5.35. The Morgan fingerprint density at radius 3 is 3.19 bits per heavy atom. The molecule has 0 aromatic carbocycles. The average molecular weight is 300 g/mol. The Kier molecular flexibility index (Phi) is 2.94. The number of ether oxygens (including phenoxy) is 1. The molecule has 1 fully saturated rings. The molecular formula is C15H16N4OS. The molecule has 0 radical (unpaired) electrons. The van der Waals surface area contributed by atoms with E-state index in [1.165, 1.54) is 10.6 Å². The lowest BCUT2D eigenvalue weighted by atomic mass is 10.0. The van der Waals surface area contributed by atoms with Crippen molar-refractivity contribution in [3.8, 4) is 5.13 Å². The molecule has 3 aromatic heterocycles. The van der Waals surface area contributed by atoms with E-state index in [2.05, 4.69) is 16.5 Å². The smallest absolute Gasteiger partial charge is 0.194 e. The van der Waals surface area contributed by atoms with Gasteiger partial charge in [0.25, 0.3) is 0 Å². The molecule has 1 aliphatic heterocycles. The zero-order chi connectivity index (χ0) is 14.4. The van der Waals surface area contributed by atoms with E-state index >= 15 is 0 Å². The summed E-state index contributed by atoms with van der Waals surface area (Å²) in [5.41, 5.74) is 8.03. The summed E-state index contributed by atoms with van der Waals surface area (Å²) in [5, 5.41) is 2.05. The van der Waals surface area contributed by atoms with Gasteiger partial charge in [0, 0.05) is 41.2 Å². The van der Waals surface area contributed by atoms with Crippen LogP contribution in [0.3, 0.4) is 0 Å². The number of nitrogens with two attached hydrogens (primary N) is 1. The van der Waals surface area contributed by atoms with Crippen LogP contribution >= 0.6 is 11.3 Å². The topological polar surface area (TPSA) is 66.0 Å². The second-order valence-corrected chi connectivity index (χ2v) is 6.53. The lowest BCUT2D eigenvalue weighted by Gasteiger charge is -2.04. The van der Waals surface area contributed by atoms with Crippen LogP contribution in [0.1, 0.15) is 22.9 Å². The molecule has 1 atom stereocenters. The molecule has 0 spiro atoms. The highest BCUT2D eigenvalue weighted by molar-refractivity contribution is 7.14. The van der Waals surface area contributed by atoms with Crippen LogP contribution in [0.4, 0.5) is 5.82 Å². The number of hydrogen-bond donors (Lipinski definition) is 1. The van der Waals surface area contributed by atoms with Crippen molar-refractivity contribution in [2.75, 3.05) is 18.9 Å². The summed E-state index contributed by atoms with van der Waals surface area (Å²) in [4.78, 5) is 10.3. The highest BCUT2D eigenvalue weighted by Crippen LogP contribution is 2.33. The second kappa shape index (κ2) is 4.82. The maximum atomic E-state index is 5.81. The van der Waals surface area contributed by atoms with Gasteiger partial charge in [0.1, 0.15) is 5.82 Å². The summed E-state index contributed by atoms with van der Waals surface area (Å²) in [7, 11) is 0. The number of nitrogen functional groups attached to an aromatic ring is 1. The van der Waals surface area contributed by atoms with Gasteiger partial charge in [-0.3, -0.25) is 4.57 Å².